The van der Waals surface area contributed by atoms with Gasteiger partial charge in [0.25, 0.3) is 5.91 Å². The summed E-state index contributed by atoms with van der Waals surface area (Å²) in [5.41, 5.74) is 3.39. The molecule has 28 heavy (non-hydrogen) atoms. The SMILES string of the molecule is Cc1ccc(NC(=O)c2nc3ccccc3nc2N2CCN(C)CC2)c(Cl)c1. The highest BCUT2D eigenvalue weighted by Crippen LogP contribution is 2.26. The van der Waals surface area contributed by atoms with Crippen LogP contribution >= 0.6 is 11.6 Å². The van der Waals surface area contributed by atoms with Gasteiger partial charge in [-0.15, -0.1) is 0 Å². The number of aromatic nitrogens is 2. The smallest absolute Gasteiger partial charge is 0.278 e. The second-order valence-corrected chi connectivity index (χ2v) is 7.52. The molecule has 6 nitrogen and oxygen atoms in total. The van der Waals surface area contributed by atoms with Gasteiger partial charge < -0.3 is 15.1 Å². The number of benzene rings is 2. The van der Waals surface area contributed by atoms with Crippen molar-refractivity contribution in [3.8, 4) is 0 Å². The Kier molecular flexibility index (Phi) is 5.15. The number of para-hydroxylation sites is 2. The fraction of sp³-hybridized carbons (Fsp3) is 0.286. The lowest BCUT2D eigenvalue weighted by molar-refractivity contribution is 0.102. The van der Waals surface area contributed by atoms with E-state index in [9.17, 15) is 4.79 Å². The zero-order valence-corrected chi connectivity index (χ0v) is 16.7. The van der Waals surface area contributed by atoms with Crippen LogP contribution in [0.5, 0.6) is 0 Å². The largest absolute Gasteiger partial charge is 0.352 e. The molecule has 2 heterocycles. The average Bonchev–Trinajstić information content (AvgIpc) is 2.69. The second kappa shape index (κ2) is 7.73. The molecule has 1 aliphatic rings. The topological polar surface area (TPSA) is 61.4 Å². The van der Waals surface area contributed by atoms with Crippen molar-refractivity contribution in [3.05, 3.63) is 58.7 Å². The molecule has 1 amide bonds. The molecule has 0 bridgehead atoms. The Morgan fingerprint density at radius 1 is 1.04 bits per heavy atom. The third-order valence-corrected chi connectivity index (χ3v) is 5.26. The van der Waals surface area contributed by atoms with Gasteiger partial charge in [0.15, 0.2) is 11.5 Å². The van der Waals surface area contributed by atoms with Crippen molar-refractivity contribution < 1.29 is 4.79 Å². The Labute approximate surface area is 169 Å². The molecule has 0 saturated carbocycles. The van der Waals surface area contributed by atoms with Crippen LogP contribution in [0.4, 0.5) is 11.5 Å². The summed E-state index contributed by atoms with van der Waals surface area (Å²) in [7, 11) is 2.09. The van der Waals surface area contributed by atoms with E-state index in [0.29, 0.717) is 27.7 Å². The monoisotopic (exact) mass is 395 g/mol. The Hall–Kier alpha value is -2.70. The highest BCUT2D eigenvalue weighted by atomic mass is 35.5. The van der Waals surface area contributed by atoms with Gasteiger partial charge in [-0.25, -0.2) is 9.97 Å². The van der Waals surface area contributed by atoms with Gasteiger partial charge in [0.1, 0.15) is 0 Å². The lowest BCUT2D eigenvalue weighted by Gasteiger charge is -2.33. The van der Waals surface area contributed by atoms with E-state index in [1.165, 1.54) is 0 Å². The van der Waals surface area contributed by atoms with Crippen LogP contribution < -0.4 is 10.2 Å². The molecule has 1 fully saturated rings. The predicted molar refractivity (Wildman–Crippen MR) is 113 cm³/mol. The van der Waals surface area contributed by atoms with Crippen molar-refractivity contribution in [2.45, 2.75) is 6.92 Å². The average molecular weight is 396 g/mol. The number of aryl methyl sites for hydroxylation is 1. The Balaban J connectivity index is 1.73. The number of rotatable bonds is 3. The van der Waals surface area contributed by atoms with E-state index in [1.807, 2.05) is 43.3 Å². The van der Waals surface area contributed by atoms with Gasteiger partial charge in [-0.1, -0.05) is 29.8 Å². The number of hydrogen-bond acceptors (Lipinski definition) is 5. The van der Waals surface area contributed by atoms with Gasteiger partial charge in [-0.05, 0) is 43.8 Å². The molecule has 0 unspecified atom stereocenters. The Bertz CT molecular complexity index is 1030. The molecule has 0 aliphatic carbocycles. The number of anilines is 2. The molecule has 3 aromatic rings. The summed E-state index contributed by atoms with van der Waals surface area (Å²) < 4.78 is 0. The first-order valence-corrected chi connectivity index (χ1v) is 9.67. The normalized spacial score (nSPS) is 15.0. The number of carbonyl (C=O) groups excluding carboxylic acids is 1. The molecular weight excluding hydrogens is 374 g/mol. The fourth-order valence-electron chi connectivity index (χ4n) is 3.28. The molecule has 7 heteroatoms. The number of nitrogens with zero attached hydrogens (tertiary/aromatic N) is 4. The molecule has 1 aromatic heterocycles. The summed E-state index contributed by atoms with van der Waals surface area (Å²) in [5, 5.41) is 3.40. The molecule has 0 radical (unpaired) electrons. The highest BCUT2D eigenvalue weighted by molar-refractivity contribution is 6.34. The molecule has 4 rings (SSSR count). The van der Waals surface area contributed by atoms with E-state index < -0.39 is 0 Å². The number of carbonyl (C=O) groups is 1. The van der Waals surface area contributed by atoms with Crippen molar-refractivity contribution >= 4 is 40.0 Å². The van der Waals surface area contributed by atoms with Crippen molar-refractivity contribution in [3.63, 3.8) is 0 Å². The molecule has 0 atom stereocenters. The third-order valence-electron chi connectivity index (χ3n) is 4.94. The van der Waals surface area contributed by atoms with Crippen LogP contribution in [0.1, 0.15) is 16.1 Å². The van der Waals surface area contributed by atoms with Crippen molar-refractivity contribution in [1.29, 1.82) is 0 Å². The maximum Gasteiger partial charge on any atom is 0.278 e. The maximum absolute atomic E-state index is 13.1. The number of piperazine rings is 1. The van der Waals surface area contributed by atoms with Crippen molar-refractivity contribution in [2.75, 3.05) is 43.4 Å². The highest BCUT2D eigenvalue weighted by Gasteiger charge is 2.24. The van der Waals surface area contributed by atoms with E-state index in [1.54, 1.807) is 6.07 Å². The predicted octanol–water partition coefficient (Wildman–Crippen LogP) is 3.60. The molecule has 1 N–H and O–H groups in total. The van der Waals surface area contributed by atoms with E-state index in [0.717, 1.165) is 37.3 Å². The number of fused-ring (bicyclic) bond motifs is 1. The minimum Gasteiger partial charge on any atom is -0.352 e. The van der Waals surface area contributed by atoms with Gasteiger partial charge in [0.2, 0.25) is 0 Å². The number of halogens is 1. The second-order valence-electron chi connectivity index (χ2n) is 7.11. The van der Waals surface area contributed by atoms with Gasteiger partial charge in [-0.3, -0.25) is 4.79 Å². The lowest BCUT2D eigenvalue weighted by Crippen LogP contribution is -2.45. The lowest BCUT2D eigenvalue weighted by atomic mass is 10.2. The number of hydrogen-bond donors (Lipinski definition) is 1. The molecule has 0 spiro atoms. The zero-order chi connectivity index (χ0) is 19.7. The van der Waals surface area contributed by atoms with E-state index in [-0.39, 0.29) is 5.91 Å². The van der Waals surface area contributed by atoms with E-state index in [2.05, 4.69) is 27.1 Å². The van der Waals surface area contributed by atoms with Crippen LogP contribution in [-0.4, -0.2) is 54.0 Å². The summed E-state index contributed by atoms with van der Waals surface area (Å²) in [6.07, 6.45) is 0. The summed E-state index contributed by atoms with van der Waals surface area (Å²) >= 11 is 6.29. The van der Waals surface area contributed by atoms with Gasteiger partial charge in [0, 0.05) is 26.2 Å². The first-order valence-electron chi connectivity index (χ1n) is 9.29. The minimum atomic E-state index is -0.307. The van der Waals surface area contributed by atoms with Gasteiger partial charge in [-0.2, -0.15) is 0 Å². The van der Waals surface area contributed by atoms with Crippen LogP contribution in [0.2, 0.25) is 5.02 Å². The van der Waals surface area contributed by atoms with Crippen LogP contribution in [0.25, 0.3) is 11.0 Å². The molecule has 144 valence electrons. The third kappa shape index (κ3) is 3.79. The zero-order valence-electron chi connectivity index (χ0n) is 15.9. The first kappa shape index (κ1) is 18.7. The standard InChI is InChI=1S/C21H22ClN5O/c1-14-7-8-16(15(22)13-14)25-21(28)19-20(27-11-9-26(2)10-12-27)24-18-6-4-3-5-17(18)23-19/h3-8,13H,9-12H2,1-2H3,(H,25,28). The first-order chi connectivity index (χ1) is 13.5. The Morgan fingerprint density at radius 3 is 2.39 bits per heavy atom. The van der Waals surface area contributed by atoms with E-state index >= 15 is 0 Å². The summed E-state index contributed by atoms with van der Waals surface area (Å²) in [4.78, 5) is 26.9. The van der Waals surface area contributed by atoms with Crippen LogP contribution in [0, 0.1) is 6.92 Å². The fourth-order valence-corrected chi connectivity index (χ4v) is 3.57. The number of likely N-dealkylation sites (N-methyl/N-ethyl adjacent to an activating group) is 1. The van der Waals surface area contributed by atoms with Crippen LogP contribution in [-0.2, 0) is 0 Å². The summed E-state index contributed by atoms with van der Waals surface area (Å²) in [6.45, 7) is 5.39. The number of nitrogens with one attached hydrogen (secondary N) is 1. The number of amides is 1. The Morgan fingerprint density at radius 2 is 1.71 bits per heavy atom. The van der Waals surface area contributed by atoms with E-state index in [4.69, 9.17) is 16.6 Å². The van der Waals surface area contributed by atoms with Gasteiger partial charge in [0.05, 0.1) is 21.7 Å². The van der Waals surface area contributed by atoms with Crippen molar-refractivity contribution in [1.82, 2.24) is 14.9 Å². The van der Waals surface area contributed by atoms with Crippen molar-refractivity contribution in [2.24, 2.45) is 0 Å². The quantitative estimate of drug-likeness (QED) is 0.734. The summed E-state index contributed by atoms with van der Waals surface area (Å²) in [6, 6.07) is 13.1. The summed E-state index contributed by atoms with van der Waals surface area (Å²) in [5.74, 6) is 0.311. The molecule has 2 aromatic carbocycles. The molecular formula is C21H22ClN5O. The minimum absolute atomic E-state index is 0.307. The van der Waals surface area contributed by atoms with Crippen LogP contribution in [0.3, 0.4) is 0 Å². The molecule has 1 aliphatic heterocycles. The van der Waals surface area contributed by atoms with Gasteiger partial charge >= 0.3 is 0 Å². The van der Waals surface area contributed by atoms with Crippen LogP contribution in [0.15, 0.2) is 42.5 Å². The molecule has 1 saturated heterocycles. The maximum atomic E-state index is 13.1.